The molecule has 2 unspecified atom stereocenters. The number of nitrogens with two attached hydrogens (primary N) is 1. The topological polar surface area (TPSA) is 46.3 Å². The minimum Gasteiger partial charge on any atom is -0.340 e. The van der Waals surface area contributed by atoms with Crippen LogP contribution in [-0.2, 0) is 11.3 Å². The highest BCUT2D eigenvalue weighted by molar-refractivity contribution is 7.10. The third kappa shape index (κ3) is 3.71. The van der Waals surface area contributed by atoms with Crippen LogP contribution in [0.2, 0.25) is 0 Å². The van der Waals surface area contributed by atoms with Crippen LogP contribution < -0.4 is 5.73 Å². The summed E-state index contributed by atoms with van der Waals surface area (Å²) in [7, 11) is 1.84. The molecule has 2 N–H and O–H groups in total. The molecule has 2 atom stereocenters. The van der Waals surface area contributed by atoms with E-state index in [1.807, 2.05) is 44.3 Å². The van der Waals surface area contributed by atoms with Crippen molar-refractivity contribution in [3.05, 3.63) is 57.8 Å². The Labute approximate surface area is 130 Å². The van der Waals surface area contributed by atoms with Gasteiger partial charge in [-0.05, 0) is 29.5 Å². The van der Waals surface area contributed by atoms with Gasteiger partial charge in [0.05, 0.1) is 12.5 Å². The summed E-state index contributed by atoms with van der Waals surface area (Å²) in [6.07, 6.45) is 0. The van der Waals surface area contributed by atoms with Gasteiger partial charge in [0.1, 0.15) is 0 Å². The molecule has 0 radical (unpaired) electrons. The summed E-state index contributed by atoms with van der Waals surface area (Å²) in [6.45, 7) is 4.62. The molecule has 0 spiro atoms. The van der Waals surface area contributed by atoms with Crippen LogP contribution in [-0.4, -0.2) is 17.9 Å². The molecule has 0 fully saturated rings. The lowest BCUT2D eigenvalue weighted by Crippen LogP contribution is -2.36. The number of aryl methyl sites for hydroxylation is 1. The summed E-state index contributed by atoms with van der Waals surface area (Å²) in [5, 5.41) is 2.06. The van der Waals surface area contributed by atoms with Gasteiger partial charge in [-0.1, -0.05) is 37.3 Å². The molecule has 2 rings (SSSR count). The molecule has 0 bridgehead atoms. The first-order valence-corrected chi connectivity index (χ1v) is 7.97. The maximum Gasteiger partial charge on any atom is 0.227 e. The minimum atomic E-state index is -0.273. The molecule has 0 aliphatic carbocycles. The molecule has 1 heterocycles. The van der Waals surface area contributed by atoms with Gasteiger partial charge >= 0.3 is 0 Å². The Bertz CT molecular complexity index is 594. The zero-order chi connectivity index (χ0) is 15.4. The number of thiophene rings is 1. The van der Waals surface area contributed by atoms with Crippen LogP contribution in [0.25, 0.3) is 0 Å². The first-order chi connectivity index (χ1) is 10.0. The van der Waals surface area contributed by atoms with Crippen molar-refractivity contribution in [2.45, 2.75) is 26.4 Å². The lowest BCUT2D eigenvalue weighted by Gasteiger charge is -2.25. The highest BCUT2D eigenvalue weighted by atomic mass is 32.1. The van der Waals surface area contributed by atoms with Crippen molar-refractivity contribution < 1.29 is 4.79 Å². The summed E-state index contributed by atoms with van der Waals surface area (Å²) >= 11 is 1.69. The molecule has 4 heteroatoms. The van der Waals surface area contributed by atoms with E-state index in [0.717, 1.165) is 5.56 Å². The molecule has 2 aromatic rings. The Kier molecular flexibility index (Phi) is 5.15. The summed E-state index contributed by atoms with van der Waals surface area (Å²) in [4.78, 5) is 15.5. The van der Waals surface area contributed by atoms with Crippen molar-refractivity contribution >= 4 is 17.2 Å². The molecule has 1 aromatic carbocycles. The fourth-order valence-corrected chi connectivity index (χ4v) is 3.28. The van der Waals surface area contributed by atoms with E-state index in [4.69, 9.17) is 5.73 Å². The van der Waals surface area contributed by atoms with E-state index in [9.17, 15) is 4.79 Å². The highest BCUT2D eigenvalue weighted by Crippen LogP contribution is 2.23. The van der Waals surface area contributed by atoms with E-state index < -0.39 is 0 Å². The second-order valence-electron chi connectivity index (χ2n) is 5.45. The summed E-state index contributed by atoms with van der Waals surface area (Å²) < 4.78 is 0. The van der Waals surface area contributed by atoms with Crippen LogP contribution in [0.15, 0.2) is 41.8 Å². The van der Waals surface area contributed by atoms with Crippen molar-refractivity contribution in [2.75, 3.05) is 7.05 Å². The monoisotopic (exact) mass is 302 g/mol. The lowest BCUT2D eigenvalue weighted by atomic mass is 9.94. The van der Waals surface area contributed by atoms with Crippen molar-refractivity contribution in [2.24, 2.45) is 11.7 Å². The van der Waals surface area contributed by atoms with Crippen molar-refractivity contribution in [3.63, 3.8) is 0 Å². The molecule has 21 heavy (non-hydrogen) atoms. The van der Waals surface area contributed by atoms with Crippen molar-refractivity contribution in [1.29, 1.82) is 0 Å². The number of hydrogen-bond acceptors (Lipinski definition) is 3. The van der Waals surface area contributed by atoms with Crippen molar-refractivity contribution in [3.8, 4) is 0 Å². The van der Waals surface area contributed by atoms with Gasteiger partial charge < -0.3 is 10.6 Å². The van der Waals surface area contributed by atoms with E-state index in [1.54, 1.807) is 16.2 Å². The summed E-state index contributed by atoms with van der Waals surface area (Å²) in [5.74, 6) is -0.156. The molecule has 1 aromatic heterocycles. The molecule has 0 aliphatic heterocycles. The van der Waals surface area contributed by atoms with Crippen LogP contribution in [0.1, 0.15) is 29.0 Å². The second-order valence-corrected chi connectivity index (χ2v) is 6.45. The van der Waals surface area contributed by atoms with Crippen LogP contribution in [0.3, 0.4) is 0 Å². The van der Waals surface area contributed by atoms with Crippen molar-refractivity contribution in [1.82, 2.24) is 4.90 Å². The third-order valence-electron chi connectivity index (χ3n) is 3.84. The van der Waals surface area contributed by atoms with E-state index in [0.29, 0.717) is 6.54 Å². The Morgan fingerprint density at radius 1 is 1.29 bits per heavy atom. The van der Waals surface area contributed by atoms with Crippen LogP contribution in [0, 0.1) is 12.8 Å². The maximum absolute atomic E-state index is 12.5. The average Bonchev–Trinajstić information content (AvgIpc) is 2.91. The Hall–Kier alpha value is -1.65. The molecule has 112 valence electrons. The van der Waals surface area contributed by atoms with Crippen LogP contribution >= 0.6 is 11.3 Å². The molecule has 0 saturated heterocycles. The Balaban J connectivity index is 2.03. The number of rotatable bonds is 5. The number of hydrogen-bond donors (Lipinski definition) is 1. The summed E-state index contributed by atoms with van der Waals surface area (Å²) in [5.41, 5.74) is 8.47. The Morgan fingerprint density at radius 3 is 2.52 bits per heavy atom. The zero-order valence-electron chi connectivity index (χ0n) is 12.7. The lowest BCUT2D eigenvalue weighted by molar-refractivity contribution is -0.134. The average molecular weight is 302 g/mol. The molecular weight excluding hydrogens is 280 g/mol. The number of carbonyl (C=O) groups is 1. The van der Waals surface area contributed by atoms with Gasteiger partial charge in [-0.2, -0.15) is 0 Å². The second kappa shape index (κ2) is 6.87. The number of amides is 1. The first-order valence-electron chi connectivity index (χ1n) is 7.09. The number of carbonyl (C=O) groups excluding carboxylic acids is 1. The van der Waals surface area contributed by atoms with Gasteiger partial charge in [0, 0.05) is 18.0 Å². The van der Waals surface area contributed by atoms with Gasteiger partial charge in [0.2, 0.25) is 5.91 Å². The van der Waals surface area contributed by atoms with Gasteiger partial charge in [-0.25, -0.2) is 0 Å². The Morgan fingerprint density at radius 2 is 1.95 bits per heavy atom. The quantitative estimate of drug-likeness (QED) is 0.920. The van der Waals surface area contributed by atoms with Crippen LogP contribution in [0.5, 0.6) is 0 Å². The largest absolute Gasteiger partial charge is 0.340 e. The predicted molar refractivity (Wildman–Crippen MR) is 88.1 cm³/mol. The fourth-order valence-electron chi connectivity index (χ4n) is 2.32. The summed E-state index contributed by atoms with van der Waals surface area (Å²) in [6, 6.07) is 11.6. The molecular formula is C17H22N2OS. The van der Waals surface area contributed by atoms with E-state index in [-0.39, 0.29) is 17.9 Å². The highest BCUT2D eigenvalue weighted by Gasteiger charge is 2.25. The SMILES string of the molecule is Cc1ccsc1CN(C)C(=O)C(C)C(N)c1ccccc1. The number of benzene rings is 1. The normalized spacial score (nSPS) is 13.7. The number of nitrogens with zero attached hydrogens (tertiary/aromatic N) is 1. The van der Waals surface area contributed by atoms with Crippen LogP contribution in [0.4, 0.5) is 0 Å². The van der Waals surface area contributed by atoms with E-state index in [1.165, 1.54) is 10.4 Å². The van der Waals surface area contributed by atoms with Gasteiger partial charge in [0.15, 0.2) is 0 Å². The molecule has 3 nitrogen and oxygen atoms in total. The molecule has 0 aliphatic rings. The van der Waals surface area contributed by atoms with Gasteiger partial charge in [0.25, 0.3) is 0 Å². The van der Waals surface area contributed by atoms with E-state index in [2.05, 4.69) is 18.4 Å². The smallest absolute Gasteiger partial charge is 0.227 e. The van der Waals surface area contributed by atoms with Gasteiger partial charge in [-0.3, -0.25) is 4.79 Å². The van der Waals surface area contributed by atoms with Gasteiger partial charge in [-0.15, -0.1) is 11.3 Å². The molecule has 0 saturated carbocycles. The third-order valence-corrected chi connectivity index (χ3v) is 4.85. The minimum absolute atomic E-state index is 0.0825. The fraction of sp³-hybridized carbons (Fsp3) is 0.353. The predicted octanol–water partition coefficient (Wildman–Crippen LogP) is 3.35. The standard InChI is InChI=1S/C17H22N2OS/c1-12-9-10-21-15(12)11-19(3)17(20)13(2)16(18)14-7-5-4-6-8-14/h4-10,13,16H,11,18H2,1-3H3. The molecule has 1 amide bonds. The first kappa shape index (κ1) is 15.7. The van der Waals surface area contributed by atoms with E-state index >= 15 is 0 Å². The maximum atomic E-state index is 12.5. The zero-order valence-corrected chi connectivity index (χ0v) is 13.6.